The van der Waals surface area contributed by atoms with Gasteiger partial charge in [0.2, 0.25) is 15.9 Å². The van der Waals surface area contributed by atoms with Crippen LogP contribution in [0.5, 0.6) is 0 Å². The Morgan fingerprint density at radius 3 is 2.64 bits per heavy atom. The first-order valence-electron chi connectivity index (χ1n) is 12.4. The van der Waals surface area contributed by atoms with Crippen LogP contribution in [0.15, 0.2) is 59.5 Å². The van der Waals surface area contributed by atoms with Gasteiger partial charge in [-0.05, 0) is 36.6 Å². The number of carbonyl (C=O) groups is 1. The monoisotopic (exact) mass is 515 g/mol. The molecule has 2 aromatic carbocycles. The molecule has 3 heterocycles. The molecule has 2 atom stereocenters. The van der Waals surface area contributed by atoms with Crippen molar-refractivity contribution < 1.29 is 27.4 Å². The van der Waals surface area contributed by atoms with Gasteiger partial charge in [0.25, 0.3) is 0 Å². The molecule has 10 heteroatoms. The van der Waals surface area contributed by atoms with E-state index in [9.17, 15) is 13.2 Å². The minimum atomic E-state index is -3.64. The molecular formula is C26H33N3O6S. The molecule has 194 valence electrons. The predicted octanol–water partition coefficient (Wildman–Crippen LogP) is 2.10. The van der Waals surface area contributed by atoms with Gasteiger partial charge in [-0.1, -0.05) is 36.4 Å². The summed E-state index contributed by atoms with van der Waals surface area (Å²) in [7, 11) is -3.64. The number of nitrogens with zero attached hydrogens (tertiary/aromatic N) is 2. The summed E-state index contributed by atoms with van der Waals surface area (Å²) in [5.74, 6) is -0.201. The van der Waals surface area contributed by atoms with E-state index in [-0.39, 0.29) is 29.1 Å². The third kappa shape index (κ3) is 5.64. The lowest BCUT2D eigenvalue weighted by Crippen LogP contribution is -2.42. The number of hydrogen-bond donors (Lipinski definition) is 1. The van der Waals surface area contributed by atoms with E-state index in [1.54, 1.807) is 18.2 Å². The molecule has 1 amide bonds. The lowest BCUT2D eigenvalue weighted by Gasteiger charge is -2.29. The number of likely N-dealkylation sites (tertiary alicyclic amines) is 1. The van der Waals surface area contributed by atoms with Gasteiger partial charge in [-0.15, -0.1) is 0 Å². The van der Waals surface area contributed by atoms with Crippen LogP contribution in [-0.2, 0) is 35.6 Å². The van der Waals surface area contributed by atoms with Crippen molar-refractivity contribution in [2.45, 2.75) is 36.0 Å². The van der Waals surface area contributed by atoms with Crippen molar-refractivity contribution >= 4 is 21.6 Å². The Kier molecular flexibility index (Phi) is 7.71. The van der Waals surface area contributed by atoms with Gasteiger partial charge in [0, 0.05) is 38.5 Å². The van der Waals surface area contributed by atoms with Crippen molar-refractivity contribution in [3.63, 3.8) is 0 Å². The quantitative estimate of drug-likeness (QED) is 0.575. The molecule has 1 N–H and O–H groups in total. The number of hydrogen-bond acceptors (Lipinski definition) is 7. The van der Waals surface area contributed by atoms with Gasteiger partial charge < -0.3 is 19.5 Å². The lowest BCUT2D eigenvalue weighted by molar-refractivity contribution is -0.117. The van der Waals surface area contributed by atoms with Crippen molar-refractivity contribution in [2.24, 2.45) is 0 Å². The van der Waals surface area contributed by atoms with E-state index in [1.807, 2.05) is 30.3 Å². The van der Waals surface area contributed by atoms with Crippen LogP contribution in [0.4, 0.5) is 5.69 Å². The van der Waals surface area contributed by atoms with E-state index >= 15 is 0 Å². The van der Waals surface area contributed by atoms with Gasteiger partial charge in [-0.25, -0.2) is 8.42 Å². The highest BCUT2D eigenvalue weighted by Crippen LogP contribution is 2.37. The molecule has 5 rings (SSSR count). The average Bonchev–Trinajstić information content (AvgIpc) is 3.50. The van der Waals surface area contributed by atoms with Crippen molar-refractivity contribution in [2.75, 3.05) is 57.9 Å². The Labute approximate surface area is 212 Å². The third-order valence-electron chi connectivity index (χ3n) is 7.02. The summed E-state index contributed by atoms with van der Waals surface area (Å²) in [4.78, 5) is 15.1. The molecule has 36 heavy (non-hydrogen) atoms. The second-order valence-corrected chi connectivity index (χ2v) is 11.5. The van der Waals surface area contributed by atoms with Crippen molar-refractivity contribution in [1.82, 2.24) is 9.21 Å². The highest BCUT2D eigenvalue weighted by atomic mass is 32.2. The van der Waals surface area contributed by atoms with Crippen LogP contribution in [0.25, 0.3) is 0 Å². The fourth-order valence-corrected chi connectivity index (χ4v) is 6.67. The highest BCUT2D eigenvalue weighted by molar-refractivity contribution is 7.89. The molecule has 3 saturated heterocycles. The van der Waals surface area contributed by atoms with Crippen LogP contribution in [-0.4, -0.2) is 87.8 Å². The van der Waals surface area contributed by atoms with Gasteiger partial charge in [-0.3, -0.25) is 9.69 Å². The van der Waals surface area contributed by atoms with Gasteiger partial charge in [-0.2, -0.15) is 4.31 Å². The Balaban J connectivity index is 1.20. The second kappa shape index (κ2) is 11.0. The van der Waals surface area contributed by atoms with Crippen LogP contribution < -0.4 is 5.32 Å². The van der Waals surface area contributed by atoms with Gasteiger partial charge in [0.05, 0.1) is 31.3 Å². The van der Waals surface area contributed by atoms with E-state index in [4.69, 9.17) is 14.2 Å². The van der Waals surface area contributed by atoms with Crippen molar-refractivity contribution in [1.29, 1.82) is 0 Å². The molecule has 0 bridgehead atoms. The maximum Gasteiger partial charge on any atom is 0.243 e. The Morgan fingerprint density at radius 2 is 1.89 bits per heavy atom. The van der Waals surface area contributed by atoms with Gasteiger partial charge >= 0.3 is 0 Å². The summed E-state index contributed by atoms with van der Waals surface area (Å²) >= 11 is 0. The van der Waals surface area contributed by atoms with E-state index in [0.29, 0.717) is 58.3 Å². The molecule has 0 radical (unpaired) electrons. The molecule has 3 fully saturated rings. The van der Waals surface area contributed by atoms with E-state index in [2.05, 4.69) is 10.2 Å². The zero-order valence-electron chi connectivity index (χ0n) is 20.3. The molecular weight excluding hydrogens is 482 g/mol. The molecule has 0 saturated carbocycles. The molecule has 3 aliphatic rings. The number of anilines is 1. The summed E-state index contributed by atoms with van der Waals surface area (Å²) in [6, 6.07) is 16.5. The number of morpholine rings is 1. The maximum atomic E-state index is 13.0. The summed E-state index contributed by atoms with van der Waals surface area (Å²) in [5.41, 5.74) is 1.17. The summed E-state index contributed by atoms with van der Waals surface area (Å²) < 4.78 is 45.1. The number of carbonyl (C=O) groups excluding carboxylic acids is 1. The molecule has 1 spiro atoms. The Bertz CT molecular complexity index is 1150. The molecule has 0 aromatic heterocycles. The van der Waals surface area contributed by atoms with Gasteiger partial charge in [0.1, 0.15) is 11.7 Å². The maximum absolute atomic E-state index is 13.0. The highest BCUT2D eigenvalue weighted by Gasteiger charge is 2.50. The molecule has 9 nitrogen and oxygen atoms in total. The minimum absolute atomic E-state index is 0.116. The Hall–Kier alpha value is -2.34. The first-order valence-corrected chi connectivity index (χ1v) is 13.9. The molecule has 2 aromatic rings. The van der Waals surface area contributed by atoms with Crippen LogP contribution >= 0.6 is 0 Å². The van der Waals surface area contributed by atoms with E-state index in [0.717, 1.165) is 18.4 Å². The lowest BCUT2D eigenvalue weighted by atomic mass is 9.96. The van der Waals surface area contributed by atoms with E-state index < -0.39 is 10.0 Å². The van der Waals surface area contributed by atoms with Crippen molar-refractivity contribution in [3.8, 4) is 0 Å². The standard InChI is InChI=1S/C26H33N3O6S/c30-25(27-22-8-4-9-23(16-22)36(31,32)29-11-14-33-15-12-29)18-28-17-24(26(20-28)10-5-13-35-26)34-19-21-6-2-1-3-7-21/h1-4,6-9,16,24H,5,10-15,17-20H2,(H,27,30)/t24-,26-/m0/s1. The zero-order chi connectivity index (χ0) is 25.0. The number of ether oxygens (including phenoxy) is 3. The fourth-order valence-electron chi connectivity index (χ4n) is 5.21. The average molecular weight is 516 g/mol. The zero-order valence-corrected chi connectivity index (χ0v) is 21.1. The van der Waals surface area contributed by atoms with Gasteiger partial charge in [0.15, 0.2) is 0 Å². The van der Waals surface area contributed by atoms with Crippen LogP contribution in [0.1, 0.15) is 18.4 Å². The number of sulfonamides is 1. The predicted molar refractivity (Wildman–Crippen MR) is 134 cm³/mol. The molecule has 0 aliphatic carbocycles. The summed E-state index contributed by atoms with van der Waals surface area (Å²) in [6.45, 7) is 4.03. The smallest absolute Gasteiger partial charge is 0.243 e. The third-order valence-corrected chi connectivity index (χ3v) is 8.92. The summed E-state index contributed by atoms with van der Waals surface area (Å²) in [5, 5.41) is 2.87. The first-order chi connectivity index (χ1) is 17.4. The Morgan fingerprint density at radius 1 is 1.08 bits per heavy atom. The fraction of sp³-hybridized carbons (Fsp3) is 0.500. The van der Waals surface area contributed by atoms with Crippen LogP contribution in [0, 0.1) is 0 Å². The number of rotatable bonds is 8. The number of benzene rings is 2. The molecule has 3 aliphatic heterocycles. The minimum Gasteiger partial charge on any atom is -0.379 e. The van der Waals surface area contributed by atoms with E-state index in [1.165, 1.54) is 10.4 Å². The number of amides is 1. The largest absolute Gasteiger partial charge is 0.379 e. The number of nitrogens with one attached hydrogen (secondary N) is 1. The second-order valence-electron chi connectivity index (χ2n) is 9.56. The van der Waals surface area contributed by atoms with Crippen LogP contribution in [0.3, 0.4) is 0 Å². The summed E-state index contributed by atoms with van der Waals surface area (Å²) in [6.07, 6.45) is 1.77. The van der Waals surface area contributed by atoms with Crippen LogP contribution in [0.2, 0.25) is 0 Å². The molecule has 0 unspecified atom stereocenters. The van der Waals surface area contributed by atoms with Crippen molar-refractivity contribution in [3.05, 3.63) is 60.2 Å². The topological polar surface area (TPSA) is 97.4 Å². The normalized spacial score (nSPS) is 25.4. The SMILES string of the molecule is O=C(CN1C[C@H](OCc2ccccc2)[C@]2(CCCO2)C1)Nc1cccc(S(=O)(=O)N2CCOCC2)c1. The first kappa shape index (κ1) is 25.3.